The van der Waals surface area contributed by atoms with Crippen molar-refractivity contribution in [3.05, 3.63) is 18.2 Å². The number of carbonyl (C=O) groups is 2. The molecule has 294 valence electrons. The number of fused-ring (bicyclic) bond motifs is 2. The molecule has 2 saturated carbocycles. The summed E-state index contributed by atoms with van der Waals surface area (Å²) < 4.78 is 5.66. The number of allylic oxidation sites excluding steroid dienone is 1. The molecule has 0 bridgehead atoms. The molecule has 53 heavy (non-hydrogen) atoms. The predicted molar refractivity (Wildman–Crippen MR) is 206 cm³/mol. The summed E-state index contributed by atoms with van der Waals surface area (Å²) in [6.45, 7) is 3.67. The first-order valence-corrected chi connectivity index (χ1v) is 21.1. The second kappa shape index (κ2) is 19.7. The zero-order valence-corrected chi connectivity index (χ0v) is 32.0. The number of methoxy groups -OCH3 is 1. The number of unbranched alkanes of at least 4 members (excludes halogenated alkanes) is 1. The number of carbonyl (C=O) groups excluding carboxylic acids is 2. The molecule has 0 aromatic rings. The Bertz CT molecular complexity index is 1340. The standard InChI is InChI=1S/C43H67N4O6/c1-53-42-20-31-10-15-40(51)36(39(50)5-3-2-4-27-18-32-8-13-35(49)22-38(32)46-25-27)14-9-29(37(31)23-41(42)52)6-11-34(48)12-7-30-21-43(44)47-26-33(30)19-28-16-17-45-24-28/h16-17,24,27,29-34,36-39,41-43,46-48,50,52H,2-8,10-13,15,18-23,25-26,44H2,1H3/q+1. The van der Waals surface area contributed by atoms with Gasteiger partial charge in [0.1, 0.15) is 29.6 Å². The number of aliphatic imine (C=N–C) groups is 1. The van der Waals surface area contributed by atoms with Crippen LogP contribution in [0.2, 0.25) is 0 Å². The Morgan fingerprint density at radius 1 is 0.962 bits per heavy atom. The monoisotopic (exact) mass is 736 g/mol. The van der Waals surface area contributed by atoms with Crippen LogP contribution in [0.3, 0.4) is 0 Å². The van der Waals surface area contributed by atoms with Crippen LogP contribution in [0.5, 0.6) is 0 Å². The van der Waals surface area contributed by atoms with E-state index in [1.54, 1.807) is 7.11 Å². The van der Waals surface area contributed by atoms with Crippen molar-refractivity contribution in [3.8, 4) is 11.8 Å². The molecule has 10 nitrogen and oxygen atoms in total. The Morgan fingerprint density at radius 2 is 1.79 bits per heavy atom. The van der Waals surface area contributed by atoms with Gasteiger partial charge in [-0.3, -0.25) is 9.59 Å². The molecule has 0 aromatic carbocycles. The number of hydrogen-bond donors (Lipinski definition) is 6. The first-order valence-electron chi connectivity index (χ1n) is 21.1. The van der Waals surface area contributed by atoms with E-state index < -0.39 is 24.2 Å². The van der Waals surface area contributed by atoms with Gasteiger partial charge in [-0.25, -0.2) is 0 Å². The summed E-state index contributed by atoms with van der Waals surface area (Å²) in [5, 5.41) is 40.8. The number of ether oxygens (including phenoxy) is 1. The minimum atomic E-state index is -0.801. The van der Waals surface area contributed by atoms with Crippen molar-refractivity contribution in [2.24, 2.45) is 58.1 Å². The van der Waals surface area contributed by atoms with Gasteiger partial charge in [-0.1, -0.05) is 24.7 Å². The van der Waals surface area contributed by atoms with Gasteiger partial charge in [-0.2, -0.15) is 0 Å². The molecule has 3 aliphatic heterocycles. The molecule has 4 fully saturated rings. The van der Waals surface area contributed by atoms with Gasteiger partial charge in [0.25, 0.3) is 0 Å². The largest absolute Gasteiger partial charge is 0.393 e. The third-order valence-electron chi connectivity index (χ3n) is 14.0. The van der Waals surface area contributed by atoms with E-state index in [4.69, 9.17) is 10.5 Å². The summed E-state index contributed by atoms with van der Waals surface area (Å²) in [6.07, 6.45) is 16.0. The molecular weight excluding hydrogens is 668 g/mol. The summed E-state index contributed by atoms with van der Waals surface area (Å²) in [5.74, 6) is 8.77. The van der Waals surface area contributed by atoms with Gasteiger partial charge in [0.2, 0.25) is 0 Å². The zero-order valence-electron chi connectivity index (χ0n) is 32.0. The number of piperidine rings is 2. The highest BCUT2D eigenvalue weighted by Crippen LogP contribution is 2.42. The first kappa shape index (κ1) is 40.6. The van der Waals surface area contributed by atoms with Crippen molar-refractivity contribution in [2.75, 3.05) is 20.2 Å². The van der Waals surface area contributed by atoms with Crippen LogP contribution in [-0.4, -0.2) is 89.9 Å². The summed E-state index contributed by atoms with van der Waals surface area (Å²) >= 11 is 0. The molecule has 3 heterocycles. The molecule has 0 radical (unpaired) electrons. The summed E-state index contributed by atoms with van der Waals surface area (Å²) in [7, 11) is 1.64. The number of aliphatic hydroxyl groups excluding tert-OH is 3. The van der Waals surface area contributed by atoms with E-state index >= 15 is 0 Å². The maximum absolute atomic E-state index is 13.6. The molecule has 14 atom stereocenters. The maximum Gasteiger partial charge on any atom is 0.176 e. The minimum absolute atomic E-state index is 0.0196. The molecule has 10 heteroatoms. The lowest BCUT2D eigenvalue weighted by atomic mass is 9.67. The topological polar surface area (TPSA) is 166 Å². The van der Waals surface area contributed by atoms with E-state index in [2.05, 4.69) is 33.5 Å². The predicted octanol–water partition coefficient (Wildman–Crippen LogP) is 4.25. The molecule has 6 aliphatic rings. The zero-order chi connectivity index (χ0) is 37.3. The van der Waals surface area contributed by atoms with Crippen LogP contribution >= 0.6 is 0 Å². The van der Waals surface area contributed by atoms with Gasteiger partial charge in [0, 0.05) is 51.3 Å². The SMILES string of the molecule is COC1CC2CCC(=O)C(C(O)CCCCC3CNC4CC(=O)CCC4C3)C#CC(CCC(O)CCC3CC(N)NCC3CC3=C[CH+]N=C3)C2CC1O. The van der Waals surface area contributed by atoms with Crippen LogP contribution < -0.4 is 16.4 Å². The Hall–Kier alpha value is -2.10. The number of nitrogens with zero attached hydrogens (tertiary/aromatic N) is 1. The summed E-state index contributed by atoms with van der Waals surface area (Å²) in [5.41, 5.74) is 7.55. The van der Waals surface area contributed by atoms with Crippen molar-refractivity contribution in [1.82, 2.24) is 10.6 Å². The average Bonchev–Trinajstić information content (AvgIpc) is 3.68. The van der Waals surface area contributed by atoms with Crippen LogP contribution in [0.1, 0.15) is 116 Å². The van der Waals surface area contributed by atoms with Crippen LogP contribution in [0.4, 0.5) is 0 Å². The second-order valence-electron chi connectivity index (χ2n) is 17.6. The fraction of sp³-hybridized carbons (Fsp3) is 0.814. The van der Waals surface area contributed by atoms with Gasteiger partial charge in [0.15, 0.2) is 6.21 Å². The Morgan fingerprint density at radius 3 is 2.60 bits per heavy atom. The lowest BCUT2D eigenvalue weighted by Gasteiger charge is -2.41. The highest BCUT2D eigenvalue weighted by atomic mass is 16.5. The van der Waals surface area contributed by atoms with Gasteiger partial charge < -0.3 is 36.4 Å². The van der Waals surface area contributed by atoms with Crippen LogP contribution in [0, 0.1) is 65.7 Å². The third-order valence-corrected chi connectivity index (χ3v) is 14.0. The highest BCUT2D eigenvalue weighted by Gasteiger charge is 2.41. The normalized spacial score (nSPS) is 38.5. The van der Waals surface area contributed by atoms with Crippen molar-refractivity contribution in [3.63, 3.8) is 0 Å². The van der Waals surface area contributed by atoms with Crippen LogP contribution in [-0.2, 0) is 14.3 Å². The molecule has 0 spiro atoms. The first-order chi connectivity index (χ1) is 25.7. The van der Waals surface area contributed by atoms with Crippen LogP contribution in [0.15, 0.2) is 16.6 Å². The van der Waals surface area contributed by atoms with E-state index in [9.17, 15) is 24.9 Å². The van der Waals surface area contributed by atoms with Crippen molar-refractivity contribution < 1.29 is 29.6 Å². The molecule has 6 rings (SSSR count). The fourth-order valence-corrected chi connectivity index (χ4v) is 10.7. The lowest BCUT2D eigenvalue weighted by molar-refractivity contribution is -0.125. The second-order valence-corrected chi connectivity index (χ2v) is 17.6. The molecule has 14 unspecified atom stereocenters. The van der Waals surface area contributed by atoms with Crippen molar-refractivity contribution >= 4 is 17.8 Å². The van der Waals surface area contributed by atoms with Crippen molar-refractivity contribution in [2.45, 2.75) is 152 Å². The third kappa shape index (κ3) is 11.2. The number of nitrogens with two attached hydrogens (primary N) is 1. The van der Waals surface area contributed by atoms with Gasteiger partial charge in [0.05, 0.1) is 36.7 Å². The number of aliphatic hydroxyl groups is 3. The van der Waals surface area contributed by atoms with Gasteiger partial charge in [-0.05, 0) is 119 Å². The smallest absolute Gasteiger partial charge is 0.176 e. The van der Waals surface area contributed by atoms with E-state index in [1.807, 2.05) is 12.8 Å². The molecule has 0 aromatic heterocycles. The van der Waals surface area contributed by atoms with Gasteiger partial charge in [-0.15, -0.1) is 4.99 Å². The highest BCUT2D eigenvalue weighted by molar-refractivity contribution is 5.84. The van der Waals surface area contributed by atoms with Crippen LogP contribution in [0.25, 0.3) is 0 Å². The Kier molecular flexibility index (Phi) is 15.0. The molecule has 7 N–H and O–H groups in total. The quantitative estimate of drug-likeness (QED) is 0.0820. The minimum Gasteiger partial charge on any atom is -0.393 e. The van der Waals surface area contributed by atoms with Gasteiger partial charge >= 0.3 is 0 Å². The van der Waals surface area contributed by atoms with E-state index in [1.165, 1.54) is 12.0 Å². The fourth-order valence-electron chi connectivity index (χ4n) is 10.7. The Labute approximate surface area is 317 Å². The average molecular weight is 736 g/mol. The lowest BCUT2D eigenvalue weighted by Crippen LogP contribution is -2.49. The number of rotatable bonds is 15. The summed E-state index contributed by atoms with van der Waals surface area (Å²) in [4.78, 5) is 29.7. The summed E-state index contributed by atoms with van der Waals surface area (Å²) in [6, 6.07) is 0.354. The molecular formula is C43H67N4O6+. The molecule has 0 amide bonds. The maximum atomic E-state index is 13.6. The number of nitrogens with one attached hydrogen (secondary N) is 2. The number of ketones is 2. The number of Topliss-reactive ketones (excluding diaryl/α,β-unsaturated/α-hetero) is 2. The number of hydrogen-bond acceptors (Lipinski definition) is 10. The molecule has 2 saturated heterocycles. The Balaban J connectivity index is 1.03. The van der Waals surface area contributed by atoms with E-state index in [0.29, 0.717) is 93.3 Å². The van der Waals surface area contributed by atoms with E-state index in [-0.39, 0.29) is 35.8 Å². The van der Waals surface area contributed by atoms with Crippen molar-refractivity contribution in [1.29, 1.82) is 0 Å². The van der Waals surface area contributed by atoms with E-state index in [0.717, 1.165) is 64.5 Å². The molecule has 3 aliphatic carbocycles.